The summed E-state index contributed by atoms with van der Waals surface area (Å²) in [4.78, 5) is 27.1. The molecule has 0 spiro atoms. The Morgan fingerprint density at radius 2 is 1.89 bits per heavy atom. The van der Waals surface area contributed by atoms with Crippen molar-refractivity contribution in [2.24, 2.45) is 0 Å². The predicted molar refractivity (Wildman–Crippen MR) is 65.2 cm³/mol. The Bertz CT molecular complexity index is 477. The molecule has 2 N–H and O–H groups in total. The van der Waals surface area contributed by atoms with E-state index in [4.69, 9.17) is 10.5 Å². The van der Waals surface area contributed by atoms with Crippen LogP contribution in [0.15, 0.2) is 12.3 Å². The van der Waals surface area contributed by atoms with Gasteiger partial charge in [-0.05, 0) is 26.8 Å². The Hall–Kier alpha value is -2.11. The Morgan fingerprint density at radius 1 is 1.28 bits per heavy atom. The van der Waals surface area contributed by atoms with Gasteiger partial charge in [0, 0.05) is 6.20 Å². The van der Waals surface area contributed by atoms with Crippen molar-refractivity contribution in [1.82, 2.24) is 4.98 Å². The van der Waals surface area contributed by atoms with E-state index in [0.29, 0.717) is 0 Å². The SMILES string of the molecule is COC(=O)c1ccnc(C(=O)OC(C)(C)C)c1N. The second-order valence-corrected chi connectivity index (χ2v) is 4.61. The van der Waals surface area contributed by atoms with Gasteiger partial charge in [0.05, 0.1) is 18.4 Å². The Balaban J connectivity index is 3.11. The van der Waals surface area contributed by atoms with Gasteiger partial charge in [-0.25, -0.2) is 14.6 Å². The molecule has 1 aromatic rings. The van der Waals surface area contributed by atoms with Gasteiger partial charge in [-0.1, -0.05) is 0 Å². The van der Waals surface area contributed by atoms with Crippen molar-refractivity contribution in [2.45, 2.75) is 26.4 Å². The number of aromatic nitrogens is 1. The lowest BCUT2D eigenvalue weighted by Gasteiger charge is -2.19. The molecule has 0 aliphatic heterocycles. The highest BCUT2D eigenvalue weighted by Crippen LogP contribution is 2.19. The van der Waals surface area contributed by atoms with Crippen molar-refractivity contribution < 1.29 is 19.1 Å². The number of nitrogen functional groups attached to an aromatic ring is 1. The van der Waals surface area contributed by atoms with Crippen LogP contribution in [-0.2, 0) is 9.47 Å². The minimum absolute atomic E-state index is 0.0430. The molecule has 98 valence electrons. The van der Waals surface area contributed by atoms with Crippen LogP contribution < -0.4 is 5.73 Å². The maximum Gasteiger partial charge on any atom is 0.359 e. The molecule has 18 heavy (non-hydrogen) atoms. The van der Waals surface area contributed by atoms with Crippen molar-refractivity contribution in [3.8, 4) is 0 Å². The van der Waals surface area contributed by atoms with Gasteiger partial charge in [-0.15, -0.1) is 0 Å². The molecule has 1 heterocycles. The van der Waals surface area contributed by atoms with Crippen LogP contribution in [0.4, 0.5) is 5.69 Å². The van der Waals surface area contributed by atoms with Crippen molar-refractivity contribution >= 4 is 17.6 Å². The summed E-state index contributed by atoms with van der Waals surface area (Å²) in [5.74, 6) is -1.30. The monoisotopic (exact) mass is 252 g/mol. The molecule has 0 unspecified atom stereocenters. The fourth-order valence-electron chi connectivity index (χ4n) is 1.25. The standard InChI is InChI=1S/C12H16N2O4/c1-12(2,3)18-11(16)9-8(13)7(5-6-14-9)10(15)17-4/h5-6H,13H2,1-4H3. The van der Waals surface area contributed by atoms with Gasteiger partial charge in [0.2, 0.25) is 0 Å². The van der Waals surface area contributed by atoms with E-state index in [0.717, 1.165) is 0 Å². The molecule has 0 bridgehead atoms. The zero-order valence-corrected chi connectivity index (χ0v) is 10.8. The normalized spacial score (nSPS) is 10.9. The molecular weight excluding hydrogens is 236 g/mol. The number of ether oxygens (including phenoxy) is 2. The third kappa shape index (κ3) is 3.19. The summed E-state index contributed by atoms with van der Waals surface area (Å²) in [5.41, 5.74) is 5.01. The van der Waals surface area contributed by atoms with Gasteiger partial charge in [0.1, 0.15) is 5.60 Å². The number of nitrogens with zero attached hydrogens (tertiary/aromatic N) is 1. The summed E-state index contributed by atoms with van der Waals surface area (Å²) in [6.45, 7) is 5.18. The van der Waals surface area contributed by atoms with E-state index in [1.54, 1.807) is 20.8 Å². The first-order chi connectivity index (χ1) is 8.26. The molecule has 6 heteroatoms. The maximum absolute atomic E-state index is 11.8. The number of hydrogen-bond donors (Lipinski definition) is 1. The second-order valence-electron chi connectivity index (χ2n) is 4.61. The van der Waals surface area contributed by atoms with Crippen LogP contribution in [0, 0.1) is 0 Å². The van der Waals surface area contributed by atoms with Crippen molar-refractivity contribution in [3.63, 3.8) is 0 Å². The third-order valence-corrected chi connectivity index (χ3v) is 1.99. The van der Waals surface area contributed by atoms with Gasteiger partial charge < -0.3 is 15.2 Å². The van der Waals surface area contributed by atoms with E-state index in [1.807, 2.05) is 0 Å². The predicted octanol–water partition coefficient (Wildman–Crippen LogP) is 1.41. The number of carbonyl (C=O) groups is 2. The Kier molecular flexibility index (Phi) is 3.90. The summed E-state index contributed by atoms with van der Waals surface area (Å²) < 4.78 is 9.69. The zero-order chi connectivity index (χ0) is 13.9. The summed E-state index contributed by atoms with van der Waals surface area (Å²) >= 11 is 0. The number of anilines is 1. The minimum atomic E-state index is -0.675. The molecule has 0 atom stereocenters. The first-order valence-electron chi connectivity index (χ1n) is 5.32. The highest BCUT2D eigenvalue weighted by atomic mass is 16.6. The van der Waals surface area contributed by atoms with Crippen LogP contribution >= 0.6 is 0 Å². The smallest absolute Gasteiger partial charge is 0.359 e. The topological polar surface area (TPSA) is 91.5 Å². The van der Waals surface area contributed by atoms with Crippen molar-refractivity contribution in [1.29, 1.82) is 0 Å². The van der Waals surface area contributed by atoms with Crippen LogP contribution in [0.3, 0.4) is 0 Å². The van der Waals surface area contributed by atoms with Crippen LogP contribution in [-0.4, -0.2) is 29.6 Å². The van der Waals surface area contributed by atoms with E-state index in [-0.39, 0.29) is 16.9 Å². The Labute approximate surface area is 105 Å². The van der Waals surface area contributed by atoms with E-state index in [2.05, 4.69) is 9.72 Å². The quantitative estimate of drug-likeness (QED) is 0.800. The summed E-state index contributed by atoms with van der Waals surface area (Å²) in [6.07, 6.45) is 1.31. The average Bonchev–Trinajstić information content (AvgIpc) is 2.26. The Morgan fingerprint density at radius 3 is 2.39 bits per heavy atom. The first kappa shape index (κ1) is 14.0. The third-order valence-electron chi connectivity index (χ3n) is 1.99. The van der Waals surface area contributed by atoms with Gasteiger partial charge in [0.15, 0.2) is 5.69 Å². The van der Waals surface area contributed by atoms with Crippen LogP contribution in [0.5, 0.6) is 0 Å². The molecule has 0 radical (unpaired) electrons. The summed E-state index contributed by atoms with van der Waals surface area (Å²) in [7, 11) is 1.23. The van der Waals surface area contributed by atoms with E-state index in [9.17, 15) is 9.59 Å². The molecule has 0 saturated carbocycles. The molecule has 1 aromatic heterocycles. The number of hydrogen-bond acceptors (Lipinski definition) is 6. The number of rotatable bonds is 2. The van der Waals surface area contributed by atoms with Crippen molar-refractivity contribution in [3.05, 3.63) is 23.5 Å². The molecule has 0 saturated heterocycles. The number of carbonyl (C=O) groups excluding carboxylic acids is 2. The minimum Gasteiger partial charge on any atom is -0.465 e. The van der Waals surface area contributed by atoms with Gasteiger partial charge in [-0.2, -0.15) is 0 Å². The van der Waals surface area contributed by atoms with Gasteiger partial charge in [-0.3, -0.25) is 0 Å². The fourth-order valence-corrected chi connectivity index (χ4v) is 1.25. The summed E-state index contributed by atoms with van der Waals surface area (Å²) in [6, 6.07) is 1.38. The molecule has 1 rings (SSSR count). The van der Waals surface area contributed by atoms with E-state index in [1.165, 1.54) is 19.4 Å². The molecule has 0 aliphatic carbocycles. The highest BCUT2D eigenvalue weighted by molar-refractivity contribution is 6.02. The molecule has 6 nitrogen and oxygen atoms in total. The lowest BCUT2D eigenvalue weighted by Crippen LogP contribution is -2.25. The van der Waals surface area contributed by atoms with Gasteiger partial charge in [0.25, 0.3) is 0 Å². The second kappa shape index (κ2) is 5.03. The first-order valence-corrected chi connectivity index (χ1v) is 5.32. The number of pyridine rings is 1. The van der Waals surface area contributed by atoms with Crippen molar-refractivity contribution in [2.75, 3.05) is 12.8 Å². The number of esters is 2. The lowest BCUT2D eigenvalue weighted by molar-refractivity contribution is 0.00642. The zero-order valence-electron chi connectivity index (χ0n) is 10.8. The molecular formula is C12H16N2O4. The molecule has 0 fully saturated rings. The van der Waals surface area contributed by atoms with Crippen LogP contribution in [0.1, 0.15) is 41.6 Å². The van der Waals surface area contributed by atoms with E-state index < -0.39 is 17.5 Å². The van der Waals surface area contributed by atoms with Gasteiger partial charge >= 0.3 is 11.9 Å². The highest BCUT2D eigenvalue weighted by Gasteiger charge is 2.23. The lowest BCUT2D eigenvalue weighted by atomic mass is 10.1. The van der Waals surface area contributed by atoms with E-state index >= 15 is 0 Å². The molecule has 0 aromatic carbocycles. The molecule has 0 amide bonds. The largest absolute Gasteiger partial charge is 0.465 e. The number of methoxy groups -OCH3 is 1. The maximum atomic E-state index is 11.8. The number of nitrogens with two attached hydrogens (primary N) is 1. The van der Waals surface area contributed by atoms with Crippen LogP contribution in [0.2, 0.25) is 0 Å². The molecule has 0 aliphatic rings. The fraction of sp³-hybridized carbons (Fsp3) is 0.417. The summed E-state index contributed by atoms with van der Waals surface area (Å²) in [5, 5.41) is 0. The van der Waals surface area contributed by atoms with Crippen LogP contribution in [0.25, 0.3) is 0 Å². The average molecular weight is 252 g/mol.